The van der Waals surface area contributed by atoms with E-state index in [1.54, 1.807) is 48.5 Å². The molecule has 8 nitrogen and oxygen atoms in total. The van der Waals surface area contributed by atoms with Crippen LogP contribution < -0.4 is 25.2 Å². The zero-order valence-electron chi connectivity index (χ0n) is 18.8. The number of nitrogens with one attached hydrogen (secondary N) is 2. The van der Waals surface area contributed by atoms with Crippen molar-refractivity contribution in [2.75, 3.05) is 23.5 Å². The zero-order chi connectivity index (χ0) is 24.8. The fourth-order valence-corrected chi connectivity index (χ4v) is 3.99. The molecule has 0 saturated carbocycles. The number of rotatable bonds is 8. The fourth-order valence-electron chi connectivity index (χ4n) is 3.41. The van der Waals surface area contributed by atoms with E-state index in [4.69, 9.17) is 9.47 Å². The molecule has 0 atom stereocenters. The van der Waals surface area contributed by atoms with Crippen LogP contribution in [-0.2, 0) is 14.4 Å². The van der Waals surface area contributed by atoms with Gasteiger partial charge < -0.3 is 14.8 Å². The lowest BCUT2D eigenvalue weighted by atomic mass is 10.1. The van der Waals surface area contributed by atoms with Crippen molar-refractivity contribution in [3.8, 4) is 11.5 Å². The smallest absolute Gasteiger partial charge is 0.282 e. The summed E-state index contributed by atoms with van der Waals surface area (Å²) < 4.78 is 12.0. The second-order valence-corrected chi connectivity index (χ2v) is 8.30. The van der Waals surface area contributed by atoms with Crippen LogP contribution in [0.3, 0.4) is 0 Å². The van der Waals surface area contributed by atoms with Gasteiger partial charge in [0, 0.05) is 5.69 Å². The summed E-state index contributed by atoms with van der Waals surface area (Å²) in [5.41, 5.74) is 4.33. The predicted octanol–water partition coefficient (Wildman–Crippen LogP) is 4.33. The van der Waals surface area contributed by atoms with E-state index in [2.05, 4.69) is 26.7 Å². The summed E-state index contributed by atoms with van der Waals surface area (Å²) in [5, 5.41) is 3.96. The summed E-state index contributed by atoms with van der Waals surface area (Å²) in [7, 11) is 0. The van der Waals surface area contributed by atoms with Gasteiger partial charge in [0.05, 0.1) is 16.8 Å². The lowest BCUT2D eigenvalue weighted by Gasteiger charge is -2.15. The van der Waals surface area contributed by atoms with Gasteiger partial charge in [-0.15, -0.1) is 0 Å². The first-order chi connectivity index (χ1) is 17.0. The molecule has 1 aliphatic rings. The van der Waals surface area contributed by atoms with Crippen molar-refractivity contribution in [2.45, 2.75) is 6.92 Å². The molecule has 1 heterocycles. The molecule has 3 aromatic carbocycles. The monoisotopic (exact) mass is 535 g/mol. The number of nitrogens with zero attached hydrogens (tertiary/aromatic N) is 1. The van der Waals surface area contributed by atoms with E-state index in [0.29, 0.717) is 39.5 Å². The molecule has 3 amide bonds. The number of ether oxygens (including phenoxy) is 2. The number of anilines is 2. The molecule has 9 heteroatoms. The number of hydrazine groups is 1. The van der Waals surface area contributed by atoms with Gasteiger partial charge in [0.15, 0.2) is 18.1 Å². The van der Waals surface area contributed by atoms with Crippen LogP contribution in [0.15, 0.2) is 82.8 Å². The number of hydrogen-bond acceptors (Lipinski definition) is 5. The van der Waals surface area contributed by atoms with Gasteiger partial charge in [0.1, 0.15) is 5.57 Å². The van der Waals surface area contributed by atoms with Crippen molar-refractivity contribution < 1.29 is 23.9 Å². The Balaban J connectivity index is 1.53. The number of para-hydroxylation sites is 2. The highest BCUT2D eigenvalue weighted by Gasteiger charge is 2.34. The SMILES string of the molecule is CCOc1cc(/C=C2/C(=O)NN(c3ccccc3)C2=O)cc(Br)c1OCC(=O)Nc1ccccc1. The lowest BCUT2D eigenvalue weighted by molar-refractivity contribution is -0.118. The van der Waals surface area contributed by atoms with Crippen LogP contribution in [-0.4, -0.2) is 30.9 Å². The third-order valence-corrected chi connectivity index (χ3v) is 5.54. The highest BCUT2D eigenvalue weighted by atomic mass is 79.9. The molecule has 1 aliphatic heterocycles. The quantitative estimate of drug-likeness (QED) is 0.330. The largest absolute Gasteiger partial charge is 0.490 e. The maximum Gasteiger partial charge on any atom is 0.282 e. The third-order valence-electron chi connectivity index (χ3n) is 4.95. The van der Waals surface area contributed by atoms with E-state index < -0.39 is 11.8 Å². The second-order valence-electron chi connectivity index (χ2n) is 7.44. The number of hydrogen-bond donors (Lipinski definition) is 2. The topological polar surface area (TPSA) is 97.0 Å². The minimum absolute atomic E-state index is 0.0147. The number of benzene rings is 3. The van der Waals surface area contributed by atoms with Crippen molar-refractivity contribution in [1.82, 2.24) is 5.43 Å². The van der Waals surface area contributed by atoms with Crippen molar-refractivity contribution in [2.24, 2.45) is 0 Å². The number of carbonyl (C=O) groups is 3. The molecule has 0 aromatic heterocycles. The fraction of sp³-hybridized carbons (Fsp3) is 0.115. The Morgan fingerprint density at radius 2 is 1.71 bits per heavy atom. The van der Waals surface area contributed by atoms with Gasteiger partial charge in [-0.1, -0.05) is 36.4 Å². The average Bonchev–Trinajstić information content (AvgIpc) is 3.13. The van der Waals surface area contributed by atoms with E-state index in [9.17, 15) is 14.4 Å². The lowest BCUT2D eigenvalue weighted by Crippen LogP contribution is -2.35. The van der Waals surface area contributed by atoms with E-state index >= 15 is 0 Å². The molecule has 3 aromatic rings. The molecular formula is C26H22BrN3O5. The first-order valence-electron chi connectivity index (χ1n) is 10.8. The normalized spacial score (nSPS) is 14.1. The van der Waals surface area contributed by atoms with Crippen LogP contribution in [0.5, 0.6) is 11.5 Å². The first kappa shape index (κ1) is 24.0. The van der Waals surface area contributed by atoms with Crippen LogP contribution in [0.25, 0.3) is 6.08 Å². The highest BCUT2D eigenvalue weighted by Crippen LogP contribution is 2.38. The Morgan fingerprint density at radius 1 is 1.03 bits per heavy atom. The van der Waals surface area contributed by atoms with E-state index in [-0.39, 0.29) is 18.1 Å². The predicted molar refractivity (Wildman–Crippen MR) is 136 cm³/mol. The summed E-state index contributed by atoms with van der Waals surface area (Å²) >= 11 is 3.45. The summed E-state index contributed by atoms with van der Waals surface area (Å²) in [6.07, 6.45) is 1.49. The molecule has 2 N–H and O–H groups in total. The number of carbonyl (C=O) groups excluding carboxylic acids is 3. The minimum Gasteiger partial charge on any atom is -0.490 e. The molecule has 4 rings (SSSR count). The van der Waals surface area contributed by atoms with Gasteiger partial charge in [-0.2, -0.15) is 0 Å². The molecule has 1 saturated heterocycles. The van der Waals surface area contributed by atoms with E-state index in [1.165, 1.54) is 11.1 Å². The second kappa shape index (κ2) is 10.9. The number of halogens is 1. The van der Waals surface area contributed by atoms with Gasteiger partial charge in [-0.05, 0) is 70.9 Å². The van der Waals surface area contributed by atoms with E-state index in [0.717, 1.165) is 0 Å². The van der Waals surface area contributed by atoms with E-state index in [1.807, 2.05) is 31.2 Å². The molecule has 0 bridgehead atoms. The van der Waals surface area contributed by atoms with Gasteiger partial charge >= 0.3 is 0 Å². The molecule has 0 unspecified atom stereocenters. The minimum atomic E-state index is -0.508. The average molecular weight is 536 g/mol. The van der Waals surface area contributed by atoms with Gasteiger partial charge in [0.25, 0.3) is 17.7 Å². The summed E-state index contributed by atoms with van der Waals surface area (Å²) in [5.74, 6) is -0.595. The Bertz CT molecular complexity index is 1280. The van der Waals surface area contributed by atoms with Crippen LogP contribution in [0.2, 0.25) is 0 Å². The van der Waals surface area contributed by atoms with Crippen LogP contribution >= 0.6 is 15.9 Å². The van der Waals surface area contributed by atoms with Crippen molar-refractivity contribution >= 4 is 51.1 Å². The van der Waals surface area contributed by atoms with Crippen LogP contribution in [0.1, 0.15) is 12.5 Å². The number of amides is 3. The molecule has 178 valence electrons. The Kier molecular flexibility index (Phi) is 7.47. The standard InChI is InChI=1S/C26H22BrN3O5/c1-2-34-22-15-17(13-20-25(32)29-30(26(20)33)19-11-7-4-8-12-19)14-21(27)24(22)35-16-23(31)28-18-9-5-3-6-10-18/h3-15H,2,16H2,1H3,(H,28,31)(H,29,32)/b20-13-. The van der Waals surface area contributed by atoms with Crippen molar-refractivity contribution in [3.05, 3.63) is 88.4 Å². The molecular weight excluding hydrogens is 514 g/mol. The Hall–Kier alpha value is -4.11. The van der Waals surface area contributed by atoms with Gasteiger partial charge in [-0.25, -0.2) is 5.01 Å². The molecule has 0 radical (unpaired) electrons. The summed E-state index contributed by atoms with van der Waals surface area (Å²) in [4.78, 5) is 37.7. The maximum absolute atomic E-state index is 12.9. The summed E-state index contributed by atoms with van der Waals surface area (Å²) in [6.45, 7) is 1.93. The van der Waals surface area contributed by atoms with Crippen LogP contribution in [0.4, 0.5) is 11.4 Å². The Labute approximate surface area is 210 Å². The van der Waals surface area contributed by atoms with Crippen molar-refractivity contribution in [1.29, 1.82) is 0 Å². The van der Waals surface area contributed by atoms with Crippen molar-refractivity contribution in [3.63, 3.8) is 0 Å². The highest BCUT2D eigenvalue weighted by molar-refractivity contribution is 9.10. The van der Waals surface area contributed by atoms with Gasteiger partial charge in [-0.3, -0.25) is 19.8 Å². The molecule has 0 spiro atoms. The molecule has 1 fully saturated rings. The molecule has 35 heavy (non-hydrogen) atoms. The first-order valence-corrected chi connectivity index (χ1v) is 11.6. The zero-order valence-corrected chi connectivity index (χ0v) is 20.4. The molecule has 0 aliphatic carbocycles. The maximum atomic E-state index is 12.9. The Morgan fingerprint density at radius 3 is 2.40 bits per heavy atom. The summed E-state index contributed by atoms with van der Waals surface area (Å²) in [6, 6.07) is 21.2. The third kappa shape index (κ3) is 5.70. The van der Waals surface area contributed by atoms with Gasteiger partial charge in [0.2, 0.25) is 0 Å². The van der Waals surface area contributed by atoms with Crippen LogP contribution in [0, 0.1) is 0 Å².